The lowest BCUT2D eigenvalue weighted by molar-refractivity contribution is 0.161. The summed E-state index contributed by atoms with van der Waals surface area (Å²) in [6, 6.07) is 8.95. The molecule has 2 aromatic heterocycles. The molecule has 8 heteroatoms. The molecule has 3 N–H and O–H groups in total. The minimum Gasteiger partial charge on any atom is -0.383 e. The van der Waals surface area contributed by atoms with E-state index >= 15 is 0 Å². The molecular weight excluding hydrogens is 419 g/mol. The van der Waals surface area contributed by atoms with E-state index in [2.05, 4.69) is 38.9 Å². The van der Waals surface area contributed by atoms with E-state index in [-0.39, 0.29) is 5.41 Å². The molecule has 176 valence electrons. The van der Waals surface area contributed by atoms with Gasteiger partial charge in [-0.15, -0.1) is 0 Å². The second-order valence-corrected chi connectivity index (χ2v) is 9.44. The minimum atomic E-state index is -0.402. The topological polar surface area (TPSA) is 94.9 Å². The first-order valence-corrected chi connectivity index (χ1v) is 11.8. The van der Waals surface area contributed by atoms with Crippen LogP contribution < -0.4 is 16.0 Å². The number of nitriles is 1. The molecule has 0 bridgehead atoms. The van der Waals surface area contributed by atoms with Gasteiger partial charge >= 0.3 is 0 Å². The van der Waals surface area contributed by atoms with Gasteiger partial charge in [-0.25, -0.2) is 9.37 Å². The number of nitrogens with one attached hydrogen (secondary N) is 3. The zero-order valence-corrected chi connectivity index (χ0v) is 19.4. The highest BCUT2D eigenvalue weighted by Gasteiger charge is 2.42. The predicted octanol–water partition coefficient (Wildman–Crippen LogP) is 4.35. The van der Waals surface area contributed by atoms with E-state index in [4.69, 9.17) is 4.74 Å². The van der Waals surface area contributed by atoms with Crippen LogP contribution in [0.2, 0.25) is 0 Å². The molecule has 0 saturated heterocycles. The maximum absolute atomic E-state index is 14.6. The second-order valence-electron chi connectivity index (χ2n) is 9.44. The molecule has 2 saturated carbocycles. The molecule has 2 aromatic rings. The monoisotopic (exact) mass is 452 g/mol. The van der Waals surface area contributed by atoms with Crippen LogP contribution in [0.1, 0.15) is 45.4 Å². The fourth-order valence-electron chi connectivity index (χ4n) is 4.47. The molecule has 2 aliphatic carbocycles. The van der Waals surface area contributed by atoms with Crippen molar-refractivity contribution in [2.45, 2.75) is 63.6 Å². The number of methoxy groups -OCH3 is 1. The lowest BCUT2D eigenvalue weighted by atomic mass is 9.90. The molecule has 2 aliphatic rings. The van der Waals surface area contributed by atoms with Crippen LogP contribution in [0, 0.1) is 22.6 Å². The Labute approximate surface area is 195 Å². The molecule has 0 aliphatic heterocycles. The van der Waals surface area contributed by atoms with Crippen molar-refractivity contribution in [3.8, 4) is 17.3 Å². The third kappa shape index (κ3) is 6.18. The van der Waals surface area contributed by atoms with Crippen LogP contribution in [0.25, 0.3) is 11.3 Å². The number of rotatable bonds is 10. The third-order valence-electron chi connectivity index (χ3n) is 6.63. The second kappa shape index (κ2) is 10.4. The van der Waals surface area contributed by atoms with E-state index in [1.54, 1.807) is 19.4 Å². The number of pyridine rings is 2. The summed E-state index contributed by atoms with van der Waals surface area (Å²) in [6.07, 6.45) is 9.00. The molecule has 1 atom stereocenters. The van der Waals surface area contributed by atoms with Crippen LogP contribution in [0.15, 0.2) is 30.6 Å². The molecule has 2 heterocycles. The summed E-state index contributed by atoms with van der Waals surface area (Å²) in [4.78, 5) is 8.64. The number of hydrogen-bond acceptors (Lipinski definition) is 7. The molecule has 0 amide bonds. The highest BCUT2D eigenvalue weighted by molar-refractivity contribution is 5.67. The van der Waals surface area contributed by atoms with Gasteiger partial charge in [-0.2, -0.15) is 5.26 Å². The summed E-state index contributed by atoms with van der Waals surface area (Å²) in [5.41, 5.74) is 1.55. The summed E-state index contributed by atoms with van der Waals surface area (Å²) < 4.78 is 19.8. The standard InChI is InChI=1S/C25H33FN6O/c1-17(14-33-2)31-18-3-5-19(6-4-18)32-24-12-21(22(26)13-29-24)23-11-20(7-10-28-23)30-16-25(15-27)8-9-25/h7,10-13,17-19,31H,3-6,8-9,14,16H2,1-2H3,(H,28,30)(H,29,32)/t17-,18?,19?/m1/s1. The molecule has 7 nitrogen and oxygen atoms in total. The van der Waals surface area contributed by atoms with E-state index in [0.717, 1.165) is 44.2 Å². The zero-order chi connectivity index (χ0) is 23.3. The number of halogens is 1. The molecule has 0 unspecified atom stereocenters. The third-order valence-corrected chi connectivity index (χ3v) is 6.63. The van der Waals surface area contributed by atoms with Gasteiger partial charge in [-0.1, -0.05) is 0 Å². The fourth-order valence-corrected chi connectivity index (χ4v) is 4.47. The Morgan fingerprint density at radius 3 is 2.67 bits per heavy atom. The highest BCUT2D eigenvalue weighted by atomic mass is 19.1. The Kier molecular flexibility index (Phi) is 7.41. The molecule has 0 radical (unpaired) electrons. The van der Waals surface area contributed by atoms with Crippen LogP contribution in [0.4, 0.5) is 15.9 Å². The van der Waals surface area contributed by atoms with Crippen LogP contribution >= 0.6 is 0 Å². The Balaban J connectivity index is 1.37. The van der Waals surface area contributed by atoms with Crippen molar-refractivity contribution in [3.05, 3.63) is 36.4 Å². The van der Waals surface area contributed by atoms with Crippen molar-refractivity contribution in [1.29, 1.82) is 5.26 Å². The van der Waals surface area contributed by atoms with Crippen molar-refractivity contribution < 1.29 is 9.13 Å². The van der Waals surface area contributed by atoms with Crippen LogP contribution in [-0.2, 0) is 4.74 Å². The van der Waals surface area contributed by atoms with Crippen molar-refractivity contribution in [3.63, 3.8) is 0 Å². The van der Waals surface area contributed by atoms with Gasteiger partial charge < -0.3 is 20.7 Å². The Morgan fingerprint density at radius 2 is 1.97 bits per heavy atom. The number of ether oxygens (including phenoxy) is 1. The molecule has 33 heavy (non-hydrogen) atoms. The predicted molar refractivity (Wildman–Crippen MR) is 127 cm³/mol. The van der Waals surface area contributed by atoms with Crippen molar-refractivity contribution in [2.24, 2.45) is 5.41 Å². The van der Waals surface area contributed by atoms with Gasteiger partial charge in [0.2, 0.25) is 0 Å². The lowest BCUT2D eigenvalue weighted by Gasteiger charge is -2.31. The van der Waals surface area contributed by atoms with E-state index in [9.17, 15) is 9.65 Å². The molecule has 2 fully saturated rings. The number of aromatic nitrogens is 2. The van der Waals surface area contributed by atoms with Crippen LogP contribution in [0.3, 0.4) is 0 Å². The van der Waals surface area contributed by atoms with Gasteiger partial charge in [-0.05, 0) is 63.6 Å². The van der Waals surface area contributed by atoms with Gasteiger partial charge in [-0.3, -0.25) is 4.98 Å². The van der Waals surface area contributed by atoms with Crippen molar-refractivity contribution in [1.82, 2.24) is 15.3 Å². The molecule has 0 spiro atoms. The number of nitrogens with zero attached hydrogens (tertiary/aromatic N) is 3. The van der Waals surface area contributed by atoms with E-state index < -0.39 is 5.82 Å². The van der Waals surface area contributed by atoms with E-state index in [0.29, 0.717) is 48.4 Å². The summed E-state index contributed by atoms with van der Waals surface area (Å²) in [7, 11) is 1.73. The summed E-state index contributed by atoms with van der Waals surface area (Å²) >= 11 is 0. The zero-order valence-electron chi connectivity index (χ0n) is 19.4. The Bertz CT molecular complexity index is 981. The van der Waals surface area contributed by atoms with Crippen LogP contribution in [-0.4, -0.2) is 48.4 Å². The quantitative estimate of drug-likeness (QED) is 0.493. The number of anilines is 2. The molecule has 4 rings (SSSR count). The van der Waals surface area contributed by atoms with Gasteiger partial charge in [0, 0.05) is 49.2 Å². The SMILES string of the molecule is COC[C@@H](C)NC1CCC(Nc2cc(-c3cc(NCC4(C#N)CC4)ccn3)c(F)cn2)CC1. The molecule has 0 aromatic carbocycles. The van der Waals surface area contributed by atoms with Crippen LogP contribution in [0.5, 0.6) is 0 Å². The molecular formula is C25H33FN6O. The Hall–Kier alpha value is -2.76. The smallest absolute Gasteiger partial charge is 0.151 e. The van der Waals surface area contributed by atoms with Crippen molar-refractivity contribution in [2.75, 3.05) is 30.9 Å². The first-order valence-electron chi connectivity index (χ1n) is 11.8. The fraction of sp³-hybridized carbons (Fsp3) is 0.560. The normalized spacial score (nSPS) is 22.2. The largest absolute Gasteiger partial charge is 0.383 e. The van der Waals surface area contributed by atoms with Gasteiger partial charge in [0.05, 0.1) is 30.0 Å². The van der Waals surface area contributed by atoms with E-state index in [1.165, 1.54) is 6.20 Å². The average molecular weight is 453 g/mol. The maximum atomic E-state index is 14.6. The van der Waals surface area contributed by atoms with Crippen molar-refractivity contribution >= 4 is 11.5 Å². The summed E-state index contributed by atoms with van der Waals surface area (Å²) in [5.74, 6) is 0.262. The number of hydrogen-bond donors (Lipinski definition) is 3. The lowest BCUT2D eigenvalue weighted by Crippen LogP contribution is -2.42. The first kappa shape index (κ1) is 23.4. The average Bonchev–Trinajstić information content (AvgIpc) is 3.61. The van der Waals surface area contributed by atoms with Gasteiger partial charge in [0.15, 0.2) is 5.82 Å². The summed E-state index contributed by atoms with van der Waals surface area (Å²) in [6.45, 7) is 3.45. The maximum Gasteiger partial charge on any atom is 0.151 e. The first-order chi connectivity index (χ1) is 16.0. The highest BCUT2D eigenvalue weighted by Crippen LogP contribution is 2.44. The summed E-state index contributed by atoms with van der Waals surface area (Å²) in [5, 5.41) is 19.7. The van der Waals surface area contributed by atoms with Gasteiger partial charge in [0.1, 0.15) is 5.82 Å². The minimum absolute atomic E-state index is 0.251. The van der Waals surface area contributed by atoms with Gasteiger partial charge in [0.25, 0.3) is 0 Å². The Morgan fingerprint density at radius 1 is 1.21 bits per heavy atom. The van der Waals surface area contributed by atoms with E-state index in [1.807, 2.05) is 12.1 Å².